The lowest BCUT2D eigenvalue weighted by Crippen LogP contribution is -2.43. The van der Waals surface area contributed by atoms with Crippen molar-refractivity contribution in [1.82, 2.24) is 5.32 Å². The SMILES string of the molecule is CCC1CCC(C(=O)OC(C)(C)C)CN1. The fourth-order valence-corrected chi connectivity index (χ4v) is 1.85. The van der Waals surface area contributed by atoms with Gasteiger partial charge in [-0.15, -0.1) is 0 Å². The lowest BCUT2D eigenvalue weighted by atomic mass is 9.93. The van der Waals surface area contributed by atoms with Gasteiger partial charge in [-0.25, -0.2) is 0 Å². The van der Waals surface area contributed by atoms with Crippen LogP contribution in [-0.4, -0.2) is 24.2 Å². The molecule has 1 aliphatic heterocycles. The summed E-state index contributed by atoms with van der Waals surface area (Å²) in [6.45, 7) is 8.68. The molecule has 3 nitrogen and oxygen atoms in total. The molecule has 0 amide bonds. The van der Waals surface area contributed by atoms with E-state index >= 15 is 0 Å². The van der Waals surface area contributed by atoms with E-state index in [-0.39, 0.29) is 17.5 Å². The minimum atomic E-state index is -0.362. The van der Waals surface area contributed by atoms with Crippen LogP contribution in [0.4, 0.5) is 0 Å². The molecule has 0 bridgehead atoms. The third-order valence-electron chi connectivity index (χ3n) is 2.75. The van der Waals surface area contributed by atoms with Crippen LogP contribution in [0.5, 0.6) is 0 Å². The molecule has 2 unspecified atom stereocenters. The zero-order valence-electron chi connectivity index (χ0n) is 10.3. The largest absolute Gasteiger partial charge is 0.460 e. The van der Waals surface area contributed by atoms with Crippen molar-refractivity contribution in [1.29, 1.82) is 0 Å². The maximum absolute atomic E-state index is 11.7. The molecule has 88 valence electrons. The molecule has 2 atom stereocenters. The Balaban J connectivity index is 2.37. The highest BCUT2D eigenvalue weighted by molar-refractivity contribution is 5.73. The quantitative estimate of drug-likeness (QED) is 0.714. The number of piperidine rings is 1. The van der Waals surface area contributed by atoms with Crippen molar-refractivity contribution < 1.29 is 9.53 Å². The van der Waals surface area contributed by atoms with Crippen LogP contribution in [0.3, 0.4) is 0 Å². The molecule has 0 aromatic heterocycles. The van der Waals surface area contributed by atoms with Gasteiger partial charge in [-0.3, -0.25) is 4.79 Å². The zero-order valence-corrected chi connectivity index (χ0v) is 10.3. The maximum atomic E-state index is 11.7. The van der Waals surface area contributed by atoms with Gasteiger partial charge in [-0.1, -0.05) is 6.92 Å². The van der Waals surface area contributed by atoms with E-state index in [1.54, 1.807) is 0 Å². The summed E-state index contributed by atoms with van der Waals surface area (Å²) in [6.07, 6.45) is 3.18. The normalized spacial score (nSPS) is 27.5. The molecule has 15 heavy (non-hydrogen) atoms. The first kappa shape index (κ1) is 12.5. The van der Waals surface area contributed by atoms with Gasteiger partial charge in [0.05, 0.1) is 5.92 Å². The maximum Gasteiger partial charge on any atom is 0.310 e. The fourth-order valence-electron chi connectivity index (χ4n) is 1.85. The molecule has 3 heteroatoms. The first-order valence-electron chi connectivity index (χ1n) is 5.88. The number of esters is 1. The van der Waals surface area contributed by atoms with Gasteiger partial charge in [0.1, 0.15) is 5.60 Å². The van der Waals surface area contributed by atoms with E-state index in [0.29, 0.717) is 6.04 Å². The van der Waals surface area contributed by atoms with Crippen LogP contribution in [-0.2, 0) is 9.53 Å². The van der Waals surface area contributed by atoms with Gasteiger partial charge in [0, 0.05) is 12.6 Å². The molecule has 1 rings (SSSR count). The summed E-state index contributed by atoms with van der Waals surface area (Å²) in [4.78, 5) is 11.7. The van der Waals surface area contributed by atoms with Gasteiger partial charge in [-0.05, 0) is 40.0 Å². The van der Waals surface area contributed by atoms with E-state index in [1.807, 2.05) is 20.8 Å². The first-order chi connectivity index (χ1) is 6.92. The first-order valence-corrected chi connectivity index (χ1v) is 5.88. The third-order valence-corrected chi connectivity index (χ3v) is 2.75. The third kappa shape index (κ3) is 4.20. The van der Waals surface area contributed by atoms with E-state index in [9.17, 15) is 4.79 Å². The molecule has 1 N–H and O–H groups in total. The lowest BCUT2D eigenvalue weighted by molar-refractivity contribution is -0.160. The molecule has 1 aliphatic rings. The van der Waals surface area contributed by atoms with Gasteiger partial charge >= 0.3 is 5.97 Å². The van der Waals surface area contributed by atoms with Gasteiger partial charge in [-0.2, -0.15) is 0 Å². The Labute approximate surface area is 92.6 Å². The Morgan fingerprint density at radius 1 is 1.40 bits per heavy atom. The Morgan fingerprint density at radius 3 is 2.47 bits per heavy atom. The average molecular weight is 213 g/mol. The molecule has 0 aromatic rings. The Hall–Kier alpha value is -0.570. The van der Waals surface area contributed by atoms with Crippen molar-refractivity contribution in [2.45, 2.75) is 58.6 Å². The molecule has 0 saturated carbocycles. The highest BCUT2D eigenvalue weighted by Crippen LogP contribution is 2.20. The molecule has 0 aliphatic carbocycles. The fraction of sp³-hybridized carbons (Fsp3) is 0.917. The van der Waals surface area contributed by atoms with E-state index in [4.69, 9.17) is 4.74 Å². The summed E-state index contributed by atoms with van der Waals surface area (Å²) in [7, 11) is 0. The number of hydrogen-bond donors (Lipinski definition) is 1. The number of hydrogen-bond acceptors (Lipinski definition) is 3. The van der Waals surface area contributed by atoms with Crippen LogP contribution in [0.2, 0.25) is 0 Å². The number of carbonyl (C=O) groups is 1. The van der Waals surface area contributed by atoms with Crippen molar-refractivity contribution >= 4 is 5.97 Å². The summed E-state index contributed by atoms with van der Waals surface area (Å²) in [5, 5.41) is 3.38. The van der Waals surface area contributed by atoms with Gasteiger partial charge < -0.3 is 10.1 Å². The van der Waals surface area contributed by atoms with Gasteiger partial charge in [0.2, 0.25) is 0 Å². The van der Waals surface area contributed by atoms with Crippen LogP contribution in [0.25, 0.3) is 0 Å². The molecule has 0 radical (unpaired) electrons. The Morgan fingerprint density at radius 2 is 2.07 bits per heavy atom. The van der Waals surface area contributed by atoms with Gasteiger partial charge in [0.15, 0.2) is 0 Å². The zero-order chi connectivity index (χ0) is 11.5. The van der Waals surface area contributed by atoms with Crippen molar-refractivity contribution in [3.05, 3.63) is 0 Å². The van der Waals surface area contributed by atoms with Crippen LogP contribution < -0.4 is 5.32 Å². The minimum Gasteiger partial charge on any atom is -0.460 e. The standard InChI is InChI=1S/C12H23NO2/c1-5-10-7-6-9(8-13-10)11(14)15-12(2,3)4/h9-10,13H,5-8H2,1-4H3. The molecule has 1 fully saturated rings. The Bertz CT molecular complexity index is 212. The number of ether oxygens (including phenoxy) is 1. The second-order valence-electron chi connectivity index (χ2n) is 5.32. The van der Waals surface area contributed by atoms with E-state index < -0.39 is 0 Å². The summed E-state index contributed by atoms with van der Waals surface area (Å²) in [5.74, 6) is -0.00317. The summed E-state index contributed by atoms with van der Waals surface area (Å²) >= 11 is 0. The van der Waals surface area contributed by atoms with E-state index in [2.05, 4.69) is 12.2 Å². The highest BCUT2D eigenvalue weighted by atomic mass is 16.6. The smallest absolute Gasteiger partial charge is 0.310 e. The van der Waals surface area contributed by atoms with Crippen LogP contribution in [0, 0.1) is 5.92 Å². The predicted octanol–water partition coefficient (Wildman–Crippen LogP) is 2.11. The number of carbonyl (C=O) groups excluding carboxylic acids is 1. The predicted molar refractivity (Wildman–Crippen MR) is 60.7 cm³/mol. The monoisotopic (exact) mass is 213 g/mol. The van der Waals surface area contributed by atoms with Gasteiger partial charge in [0.25, 0.3) is 0 Å². The number of rotatable bonds is 2. The molecule has 1 saturated heterocycles. The van der Waals surface area contributed by atoms with Crippen LogP contribution in [0.15, 0.2) is 0 Å². The second kappa shape index (κ2) is 4.97. The molecule has 0 aromatic carbocycles. The molecular formula is C12H23NO2. The number of nitrogens with one attached hydrogen (secondary N) is 1. The minimum absolute atomic E-state index is 0.0482. The van der Waals surface area contributed by atoms with E-state index in [0.717, 1.165) is 25.8 Å². The summed E-state index contributed by atoms with van der Waals surface area (Å²) < 4.78 is 5.37. The van der Waals surface area contributed by atoms with Crippen LogP contribution >= 0.6 is 0 Å². The van der Waals surface area contributed by atoms with Crippen molar-refractivity contribution in [2.75, 3.05) is 6.54 Å². The molecule has 0 spiro atoms. The second-order valence-corrected chi connectivity index (χ2v) is 5.32. The summed E-state index contributed by atoms with van der Waals surface area (Å²) in [6, 6.07) is 0.587. The topological polar surface area (TPSA) is 38.3 Å². The average Bonchev–Trinajstić information content (AvgIpc) is 2.15. The molecule has 1 heterocycles. The van der Waals surface area contributed by atoms with Crippen LogP contribution in [0.1, 0.15) is 47.0 Å². The van der Waals surface area contributed by atoms with Crippen molar-refractivity contribution in [2.24, 2.45) is 5.92 Å². The Kier molecular flexibility index (Phi) is 4.14. The van der Waals surface area contributed by atoms with E-state index in [1.165, 1.54) is 0 Å². The molecular weight excluding hydrogens is 190 g/mol. The lowest BCUT2D eigenvalue weighted by Gasteiger charge is -2.30. The highest BCUT2D eigenvalue weighted by Gasteiger charge is 2.28. The van der Waals surface area contributed by atoms with Crippen molar-refractivity contribution in [3.63, 3.8) is 0 Å². The van der Waals surface area contributed by atoms with Crippen molar-refractivity contribution in [3.8, 4) is 0 Å². The summed E-state index contributed by atoms with van der Waals surface area (Å²) in [5.41, 5.74) is -0.362.